The lowest BCUT2D eigenvalue weighted by molar-refractivity contribution is 0.194. The van der Waals surface area contributed by atoms with Gasteiger partial charge in [-0.15, -0.1) is 0 Å². The standard InChI is InChI=1S/C7H11N3O2S/c1-10-3-2-8-6(10)5(13)4-9-7(11)12/h2-3,5,9,13H,4H2,1H3,(H,11,12). The molecule has 0 aliphatic carbocycles. The summed E-state index contributed by atoms with van der Waals surface area (Å²) < 4.78 is 1.81. The van der Waals surface area contributed by atoms with Crippen molar-refractivity contribution in [3.8, 4) is 0 Å². The number of hydrogen-bond acceptors (Lipinski definition) is 3. The van der Waals surface area contributed by atoms with Crippen molar-refractivity contribution in [1.82, 2.24) is 14.9 Å². The molecule has 1 amide bonds. The van der Waals surface area contributed by atoms with E-state index in [1.807, 2.05) is 7.05 Å². The van der Waals surface area contributed by atoms with E-state index in [4.69, 9.17) is 5.11 Å². The van der Waals surface area contributed by atoms with Gasteiger partial charge in [0, 0.05) is 26.0 Å². The predicted molar refractivity (Wildman–Crippen MR) is 51.0 cm³/mol. The zero-order valence-corrected chi connectivity index (χ0v) is 8.03. The first-order valence-corrected chi connectivity index (χ1v) is 4.25. The van der Waals surface area contributed by atoms with Crippen LogP contribution in [0.15, 0.2) is 12.4 Å². The van der Waals surface area contributed by atoms with E-state index in [9.17, 15) is 4.79 Å². The fourth-order valence-electron chi connectivity index (χ4n) is 0.974. The third kappa shape index (κ3) is 2.66. The van der Waals surface area contributed by atoms with Gasteiger partial charge >= 0.3 is 6.09 Å². The van der Waals surface area contributed by atoms with Crippen LogP contribution in [-0.2, 0) is 7.05 Å². The van der Waals surface area contributed by atoms with Crippen LogP contribution in [0.1, 0.15) is 11.1 Å². The highest BCUT2D eigenvalue weighted by Gasteiger charge is 2.11. The van der Waals surface area contributed by atoms with Gasteiger partial charge in [-0.1, -0.05) is 0 Å². The lowest BCUT2D eigenvalue weighted by atomic mass is 10.4. The third-order valence-electron chi connectivity index (χ3n) is 1.60. The molecule has 72 valence electrons. The van der Waals surface area contributed by atoms with Gasteiger partial charge in [-0.25, -0.2) is 9.78 Å². The van der Waals surface area contributed by atoms with Crippen molar-refractivity contribution < 1.29 is 9.90 Å². The summed E-state index contributed by atoms with van der Waals surface area (Å²) in [4.78, 5) is 14.2. The number of imidazole rings is 1. The van der Waals surface area contributed by atoms with Gasteiger partial charge in [0.25, 0.3) is 0 Å². The Morgan fingerprint density at radius 3 is 3.08 bits per heavy atom. The van der Waals surface area contributed by atoms with Crippen molar-refractivity contribution in [3.63, 3.8) is 0 Å². The Morgan fingerprint density at radius 2 is 2.62 bits per heavy atom. The van der Waals surface area contributed by atoms with E-state index in [1.54, 1.807) is 17.0 Å². The molecule has 0 spiro atoms. The van der Waals surface area contributed by atoms with Crippen LogP contribution in [-0.4, -0.2) is 27.3 Å². The lowest BCUT2D eigenvalue weighted by Crippen LogP contribution is -2.25. The second-order valence-electron chi connectivity index (χ2n) is 2.60. The highest BCUT2D eigenvalue weighted by Crippen LogP contribution is 2.15. The summed E-state index contributed by atoms with van der Waals surface area (Å²) in [7, 11) is 1.84. The van der Waals surface area contributed by atoms with E-state index in [1.165, 1.54) is 0 Å². The topological polar surface area (TPSA) is 67.2 Å². The predicted octanol–water partition coefficient (Wildman–Crippen LogP) is 0.659. The quantitative estimate of drug-likeness (QED) is 0.629. The molecule has 6 heteroatoms. The summed E-state index contributed by atoms with van der Waals surface area (Å²) >= 11 is 4.22. The molecular weight excluding hydrogens is 190 g/mol. The zero-order chi connectivity index (χ0) is 9.84. The molecule has 5 nitrogen and oxygen atoms in total. The van der Waals surface area contributed by atoms with E-state index in [0.29, 0.717) is 0 Å². The van der Waals surface area contributed by atoms with Gasteiger partial charge in [0.05, 0.1) is 5.25 Å². The third-order valence-corrected chi connectivity index (χ3v) is 2.02. The first-order valence-electron chi connectivity index (χ1n) is 3.73. The first kappa shape index (κ1) is 9.91. The number of aryl methyl sites for hydroxylation is 1. The number of carboxylic acid groups (broad SMARTS) is 1. The van der Waals surface area contributed by atoms with Gasteiger partial charge in [-0.05, 0) is 0 Å². The molecule has 13 heavy (non-hydrogen) atoms. The van der Waals surface area contributed by atoms with E-state index >= 15 is 0 Å². The molecule has 1 atom stereocenters. The number of hydrogen-bond donors (Lipinski definition) is 3. The molecule has 2 N–H and O–H groups in total. The number of nitrogens with one attached hydrogen (secondary N) is 1. The van der Waals surface area contributed by atoms with Crippen LogP contribution >= 0.6 is 12.6 Å². The van der Waals surface area contributed by atoms with Gasteiger partial charge in [0.15, 0.2) is 0 Å². The molecule has 0 bridgehead atoms. The number of carbonyl (C=O) groups is 1. The maximum Gasteiger partial charge on any atom is 0.404 e. The molecule has 1 aromatic heterocycles. The first-order chi connectivity index (χ1) is 6.11. The highest BCUT2D eigenvalue weighted by molar-refractivity contribution is 7.80. The van der Waals surface area contributed by atoms with Crippen molar-refractivity contribution >= 4 is 18.7 Å². The van der Waals surface area contributed by atoms with Crippen molar-refractivity contribution in [2.24, 2.45) is 7.05 Å². The second kappa shape index (κ2) is 4.18. The number of aromatic nitrogens is 2. The Morgan fingerprint density at radius 1 is 1.92 bits per heavy atom. The molecule has 1 unspecified atom stereocenters. The normalized spacial score (nSPS) is 12.5. The van der Waals surface area contributed by atoms with Crippen molar-refractivity contribution in [2.75, 3.05) is 6.54 Å². The fraction of sp³-hybridized carbons (Fsp3) is 0.429. The molecule has 1 aromatic rings. The van der Waals surface area contributed by atoms with Crippen LogP contribution in [0.5, 0.6) is 0 Å². The fourth-order valence-corrected chi connectivity index (χ4v) is 1.31. The average molecular weight is 201 g/mol. The molecule has 0 aromatic carbocycles. The van der Waals surface area contributed by atoms with Crippen LogP contribution in [0, 0.1) is 0 Å². The summed E-state index contributed by atoms with van der Waals surface area (Å²) in [6.45, 7) is 0.253. The molecule has 0 aliphatic rings. The van der Waals surface area contributed by atoms with Crippen LogP contribution in [0.2, 0.25) is 0 Å². The lowest BCUT2D eigenvalue weighted by Gasteiger charge is -2.09. The van der Waals surface area contributed by atoms with Gasteiger partial charge in [0.1, 0.15) is 5.82 Å². The number of nitrogens with zero attached hydrogens (tertiary/aromatic N) is 2. The summed E-state index contributed by atoms with van der Waals surface area (Å²) in [6.07, 6.45) is 2.40. The van der Waals surface area contributed by atoms with Crippen molar-refractivity contribution in [1.29, 1.82) is 0 Å². The van der Waals surface area contributed by atoms with Gasteiger partial charge in [-0.3, -0.25) is 0 Å². The van der Waals surface area contributed by atoms with E-state index in [2.05, 4.69) is 22.9 Å². The molecule has 0 radical (unpaired) electrons. The summed E-state index contributed by atoms with van der Waals surface area (Å²) in [6, 6.07) is 0. The average Bonchev–Trinajstić information content (AvgIpc) is 2.47. The minimum absolute atomic E-state index is 0.212. The second-order valence-corrected chi connectivity index (χ2v) is 3.22. The van der Waals surface area contributed by atoms with E-state index in [-0.39, 0.29) is 11.8 Å². The summed E-state index contributed by atoms with van der Waals surface area (Å²) in [5.74, 6) is 0.747. The minimum Gasteiger partial charge on any atom is -0.465 e. The Labute approximate surface area is 81.2 Å². The molecule has 1 rings (SSSR count). The Hall–Kier alpha value is -1.17. The molecule has 1 heterocycles. The minimum atomic E-state index is -1.05. The summed E-state index contributed by atoms with van der Waals surface area (Å²) in [5.41, 5.74) is 0. The molecule has 0 saturated heterocycles. The maximum atomic E-state index is 10.2. The number of rotatable bonds is 3. The molecule has 0 aliphatic heterocycles. The van der Waals surface area contributed by atoms with Crippen molar-refractivity contribution in [3.05, 3.63) is 18.2 Å². The van der Waals surface area contributed by atoms with Crippen LogP contribution in [0.3, 0.4) is 0 Å². The number of thiol groups is 1. The van der Waals surface area contributed by atoms with Gasteiger partial charge in [0.2, 0.25) is 0 Å². The smallest absolute Gasteiger partial charge is 0.404 e. The SMILES string of the molecule is Cn1ccnc1C(S)CNC(=O)O. The number of amides is 1. The van der Waals surface area contributed by atoms with E-state index in [0.717, 1.165) is 5.82 Å². The molecular formula is C7H11N3O2S. The van der Waals surface area contributed by atoms with Gasteiger partial charge < -0.3 is 15.0 Å². The zero-order valence-electron chi connectivity index (χ0n) is 7.14. The summed E-state index contributed by atoms with van der Waals surface area (Å²) in [5, 5.41) is 10.4. The molecule has 0 fully saturated rings. The monoisotopic (exact) mass is 201 g/mol. The molecule has 0 saturated carbocycles. The largest absolute Gasteiger partial charge is 0.465 e. The Balaban J connectivity index is 2.53. The van der Waals surface area contributed by atoms with E-state index < -0.39 is 6.09 Å². The Bertz CT molecular complexity index is 300. The van der Waals surface area contributed by atoms with Crippen LogP contribution in [0.4, 0.5) is 4.79 Å². The van der Waals surface area contributed by atoms with Gasteiger partial charge in [-0.2, -0.15) is 12.6 Å². The highest BCUT2D eigenvalue weighted by atomic mass is 32.1. The van der Waals surface area contributed by atoms with Crippen molar-refractivity contribution in [2.45, 2.75) is 5.25 Å². The van der Waals surface area contributed by atoms with Crippen LogP contribution < -0.4 is 5.32 Å². The maximum absolute atomic E-state index is 10.2. The Kier molecular flexibility index (Phi) is 3.18. The van der Waals surface area contributed by atoms with Crippen LogP contribution in [0.25, 0.3) is 0 Å².